The summed E-state index contributed by atoms with van der Waals surface area (Å²) in [6, 6.07) is 2.91. The van der Waals surface area contributed by atoms with Crippen molar-refractivity contribution in [2.45, 2.75) is 31.0 Å². The van der Waals surface area contributed by atoms with Crippen molar-refractivity contribution < 1.29 is 9.90 Å². The van der Waals surface area contributed by atoms with Crippen LogP contribution in [0.25, 0.3) is 0 Å². The number of hydrogen-bond donors (Lipinski definition) is 1. The van der Waals surface area contributed by atoms with Gasteiger partial charge in [-0.15, -0.1) is 11.8 Å². The Labute approximate surface area is 104 Å². The first-order valence-corrected chi connectivity index (χ1v) is 6.23. The van der Waals surface area contributed by atoms with Crippen molar-refractivity contribution in [1.82, 2.24) is 4.98 Å². The van der Waals surface area contributed by atoms with Crippen LogP contribution in [0.2, 0.25) is 5.15 Å². The van der Waals surface area contributed by atoms with Gasteiger partial charge in [0.15, 0.2) is 0 Å². The molecule has 0 amide bonds. The van der Waals surface area contributed by atoms with Crippen LogP contribution in [0.4, 0.5) is 0 Å². The molecule has 88 valence electrons. The standard InChI is InChI=1S/C11H14ClNO2S/c1-6(2)7(3)16-10-5-8(11(14)15)4-9(12)13-10/h4-7H,1-3H3,(H,14,15). The van der Waals surface area contributed by atoms with Crippen molar-refractivity contribution in [3.8, 4) is 0 Å². The van der Waals surface area contributed by atoms with Crippen LogP contribution in [0.1, 0.15) is 31.1 Å². The Balaban J connectivity index is 2.92. The van der Waals surface area contributed by atoms with Crippen molar-refractivity contribution in [1.29, 1.82) is 0 Å². The molecular formula is C11H14ClNO2S. The van der Waals surface area contributed by atoms with E-state index in [4.69, 9.17) is 16.7 Å². The van der Waals surface area contributed by atoms with Crippen LogP contribution in [0, 0.1) is 5.92 Å². The molecule has 0 aromatic carbocycles. The molecular weight excluding hydrogens is 246 g/mol. The highest BCUT2D eigenvalue weighted by molar-refractivity contribution is 7.99. The number of thioether (sulfide) groups is 1. The van der Waals surface area contributed by atoms with E-state index in [2.05, 4.69) is 25.8 Å². The molecule has 0 fully saturated rings. The smallest absolute Gasteiger partial charge is 0.335 e. The monoisotopic (exact) mass is 259 g/mol. The summed E-state index contributed by atoms with van der Waals surface area (Å²) < 4.78 is 0. The molecule has 1 atom stereocenters. The van der Waals surface area contributed by atoms with Gasteiger partial charge in [-0.1, -0.05) is 32.4 Å². The third kappa shape index (κ3) is 3.68. The van der Waals surface area contributed by atoms with E-state index in [9.17, 15) is 4.79 Å². The van der Waals surface area contributed by atoms with Crippen LogP contribution >= 0.6 is 23.4 Å². The molecule has 1 heterocycles. The zero-order valence-electron chi connectivity index (χ0n) is 9.40. The van der Waals surface area contributed by atoms with Crippen LogP contribution in [-0.4, -0.2) is 21.3 Å². The van der Waals surface area contributed by atoms with Crippen LogP contribution in [-0.2, 0) is 0 Å². The van der Waals surface area contributed by atoms with Gasteiger partial charge in [0.05, 0.1) is 10.6 Å². The second-order valence-corrected chi connectivity index (χ2v) is 5.67. The number of rotatable bonds is 4. The molecule has 0 saturated carbocycles. The Hall–Kier alpha value is -0.740. The second kappa shape index (κ2) is 5.55. The normalized spacial score (nSPS) is 12.8. The summed E-state index contributed by atoms with van der Waals surface area (Å²) >= 11 is 7.31. The SMILES string of the molecule is CC(C)C(C)Sc1cc(C(=O)O)cc(Cl)n1. The first-order valence-electron chi connectivity index (χ1n) is 4.97. The summed E-state index contributed by atoms with van der Waals surface area (Å²) in [7, 11) is 0. The number of carboxylic acids is 1. The van der Waals surface area contributed by atoms with Gasteiger partial charge in [-0.05, 0) is 18.1 Å². The van der Waals surface area contributed by atoms with Gasteiger partial charge in [0.25, 0.3) is 0 Å². The highest BCUT2D eigenvalue weighted by Gasteiger charge is 2.13. The Morgan fingerprint density at radius 3 is 2.56 bits per heavy atom. The summed E-state index contributed by atoms with van der Waals surface area (Å²) in [5, 5.41) is 10.1. The first-order chi connectivity index (χ1) is 7.40. The van der Waals surface area contributed by atoms with Gasteiger partial charge in [-0.3, -0.25) is 0 Å². The van der Waals surface area contributed by atoms with Gasteiger partial charge in [-0.2, -0.15) is 0 Å². The lowest BCUT2D eigenvalue weighted by Crippen LogP contribution is -2.06. The summed E-state index contributed by atoms with van der Waals surface area (Å²) in [5.74, 6) is -0.484. The topological polar surface area (TPSA) is 50.2 Å². The average molecular weight is 260 g/mol. The number of aromatic nitrogens is 1. The number of nitrogens with zero attached hydrogens (tertiary/aromatic N) is 1. The molecule has 0 radical (unpaired) electrons. The van der Waals surface area contributed by atoms with Crippen LogP contribution < -0.4 is 0 Å². The van der Waals surface area contributed by atoms with Gasteiger partial charge in [0.1, 0.15) is 5.15 Å². The summed E-state index contributed by atoms with van der Waals surface area (Å²) in [6.07, 6.45) is 0. The second-order valence-electron chi connectivity index (χ2n) is 3.89. The van der Waals surface area contributed by atoms with Crippen molar-refractivity contribution in [2.24, 2.45) is 5.92 Å². The van der Waals surface area contributed by atoms with Crippen molar-refractivity contribution in [3.05, 3.63) is 22.8 Å². The molecule has 3 nitrogen and oxygen atoms in total. The third-order valence-electron chi connectivity index (χ3n) is 2.26. The number of halogens is 1. The molecule has 0 saturated heterocycles. The van der Waals surface area contributed by atoms with Gasteiger partial charge in [0, 0.05) is 5.25 Å². The third-order valence-corrected chi connectivity index (χ3v) is 3.82. The molecule has 0 bridgehead atoms. The predicted octanol–water partition coefficient (Wildman–Crippen LogP) is 3.57. The largest absolute Gasteiger partial charge is 0.478 e. The number of hydrogen-bond acceptors (Lipinski definition) is 3. The fourth-order valence-corrected chi connectivity index (χ4v) is 2.24. The van der Waals surface area contributed by atoms with Gasteiger partial charge >= 0.3 is 5.97 Å². The maximum absolute atomic E-state index is 10.8. The van der Waals surface area contributed by atoms with E-state index >= 15 is 0 Å². The molecule has 0 spiro atoms. The summed E-state index contributed by atoms with van der Waals surface area (Å²) in [5.41, 5.74) is 0.179. The minimum absolute atomic E-state index is 0.179. The van der Waals surface area contributed by atoms with Crippen molar-refractivity contribution in [2.75, 3.05) is 0 Å². The minimum Gasteiger partial charge on any atom is -0.478 e. The van der Waals surface area contributed by atoms with E-state index in [0.717, 1.165) is 0 Å². The zero-order valence-corrected chi connectivity index (χ0v) is 11.0. The van der Waals surface area contributed by atoms with E-state index in [1.165, 1.54) is 17.8 Å². The van der Waals surface area contributed by atoms with Crippen LogP contribution in [0.15, 0.2) is 17.2 Å². The first kappa shape index (κ1) is 13.3. The number of carbonyl (C=O) groups is 1. The number of carboxylic acid groups (broad SMARTS) is 1. The molecule has 1 rings (SSSR count). The maximum Gasteiger partial charge on any atom is 0.335 e. The number of aromatic carboxylic acids is 1. The Kier molecular flexibility index (Phi) is 4.62. The fourth-order valence-electron chi connectivity index (χ4n) is 0.983. The van der Waals surface area contributed by atoms with E-state index in [1.807, 2.05) is 0 Å². The van der Waals surface area contributed by atoms with Crippen molar-refractivity contribution >= 4 is 29.3 Å². The summed E-state index contributed by atoms with van der Waals surface area (Å²) in [6.45, 7) is 6.30. The lowest BCUT2D eigenvalue weighted by atomic mass is 10.2. The quantitative estimate of drug-likeness (QED) is 0.663. The summed E-state index contributed by atoms with van der Waals surface area (Å²) in [4.78, 5) is 14.9. The molecule has 16 heavy (non-hydrogen) atoms. The van der Waals surface area contributed by atoms with Gasteiger partial charge in [0.2, 0.25) is 0 Å². The Morgan fingerprint density at radius 2 is 2.06 bits per heavy atom. The molecule has 1 aromatic rings. The van der Waals surface area contributed by atoms with E-state index in [-0.39, 0.29) is 10.7 Å². The lowest BCUT2D eigenvalue weighted by molar-refractivity contribution is 0.0696. The lowest BCUT2D eigenvalue weighted by Gasteiger charge is -2.14. The molecule has 0 aliphatic heterocycles. The van der Waals surface area contributed by atoms with E-state index in [0.29, 0.717) is 16.2 Å². The number of pyridine rings is 1. The Morgan fingerprint density at radius 1 is 1.44 bits per heavy atom. The zero-order chi connectivity index (χ0) is 12.3. The molecule has 5 heteroatoms. The minimum atomic E-state index is -0.983. The highest BCUT2D eigenvalue weighted by atomic mass is 35.5. The molecule has 0 aliphatic rings. The van der Waals surface area contributed by atoms with Gasteiger partial charge < -0.3 is 5.11 Å². The van der Waals surface area contributed by atoms with E-state index in [1.54, 1.807) is 6.07 Å². The Bertz CT molecular complexity index is 396. The maximum atomic E-state index is 10.8. The molecule has 1 aromatic heterocycles. The average Bonchev–Trinajstić information content (AvgIpc) is 2.16. The molecule has 1 N–H and O–H groups in total. The fraction of sp³-hybridized carbons (Fsp3) is 0.455. The molecule has 0 aliphatic carbocycles. The van der Waals surface area contributed by atoms with Crippen LogP contribution in [0.3, 0.4) is 0 Å². The highest BCUT2D eigenvalue weighted by Crippen LogP contribution is 2.28. The van der Waals surface area contributed by atoms with Crippen LogP contribution in [0.5, 0.6) is 0 Å². The predicted molar refractivity (Wildman–Crippen MR) is 66.4 cm³/mol. The van der Waals surface area contributed by atoms with E-state index < -0.39 is 5.97 Å². The molecule has 1 unspecified atom stereocenters. The van der Waals surface area contributed by atoms with Crippen molar-refractivity contribution in [3.63, 3.8) is 0 Å². The van der Waals surface area contributed by atoms with Gasteiger partial charge in [-0.25, -0.2) is 9.78 Å².